The molecule has 0 amide bonds. The fraction of sp³-hybridized carbons (Fsp3) is 0.538. The van der Waals surface area contributed by atoms with E-state index in [4.69, 9.17) is 19.6 Å². The highest BCUT2D eigenvalue weighted by Crippen LogP contribution is 2.38. The van der Waals surface area contributed by atoms with Gasteiger partial charge in [0.1, 0.15) is 24.4 Å². The number of ether oxygens (including phenoxy) is 1. The molecular formula is C13H18N5O10P. The van der Waals surface area contributed by atoms with Gasteiger partial charge in [-0.3, -0.25) is 23.7 Å². The molecule has 5 unspecified atom stereocenters. The molecule has 0 radical (unpaired) electrons. The molecule has 3 heterocycles. The van der Waals surface area contributed by atoms with Crippen LogP contribution in [0.4, 0.5) is 5.95 Å². The summed E-state index contributed by atoms with van der Waals surface area (Å²) in [6, 6.07) is -1.07. The van der Waals surface area contributed by atoms with Crippen LogP contribution in [0.25, 0.3) is 11.2 Å². The van der Waals surface area contributed by atoms with Crippen molar-refractivity contribution in [3.05, 3.63) is 16.7 Å². The first-order valence-corrected chi connectivity index (χ1v) is 9.69. The Balaban J connectivity index is 1.91. The molecule has 1 aliphatic rings. The van der Waals surface area contributed by atoms with Crippen LogP contribution in [0.5, 0.6) is 0 Å². The van der Waals surface area contributed by atoms with E-state index in [9.17, 15) is 24.4 Å². The second-order valence-electron chi connectivity index (χ2n) is 6.28. The van der Waals surface area contributed by atoms with E-state index < -0.39 is 56.5 Å². The lowest BCUT2D eigenvalue weighted by atomic mass is 10.1. The van der Waals surface area contributed by atoms with Gasteiger partial charge in [0.2, 0.25) is 5.95 Å². The number of hydrogen-bond donors (Lipinski definition) is 7. The summed E-state index contributed by atoms with van der Waals surface area (Å²) in [6.07, 6.45) is -4.60. The van der Waals surface area contributed by atoms with Gasteiger partial charge in [-0.25, -0.2) is 9.55 Å². The third-order valence-corrected chi connectivity index (χ3v) is 4.66. The molecule has 15 nitrogen and oxygen atoms in total. The summed E-state index contributed by atoms with van der Waals surface area (Å²) >= 11 is 0. The minimum absolute atomic E-state index is 0.0818. The minimum Gasteiger partial charge on any atom is -0.480 e. The Kier molecular flexibility index (Phi) is 5.73. The van der Waals surface area contributed by atoms with E-state index in [-0.39, 0.29) is 17.1 Å². The lowest BCUT2D eigenvalue weighted by Crippen LogP contribution is -2.33. The van der Waals surface area contributed by atoms with Gasteiger partial charge < -0.3 is 35.2 Å². The zero-order valence-electron chi connectivity index (χ0n) is 14.7. The molecule has 1 aliphatic heterocycles. The fourth-order valence-electron chi connectivity index (χ4n) is 2.71. The topological polar surface area (TPSA) is 229 Å². The molecule has 29 heavy (non-hydrogen) atoms. The van der Waals surface area contributed by atoms with Crippen LogP contribution >= 0.6 is 7.82 Å². The van der Waals surface area contributed by atoms with Gasteiger partial charge in [0.15, 0.2) is 17.4 Å². The Morgan fingerprint density at radius 3 is 2.76 bits per heavy atom. The van der Waals surface area contributed by atoms with E-state index in [1.807, 2.05) is 0 Å². The van der Waals surface area contributed by atoms with E-state index in [2.05, 4.69) is 24.8 Å². The first-order valence-electron chi connectivity index (χ1n) is 8.16. The fourth-order valence-corrected chi connectivity index (χ4v) is 3.06. The predicted molar refractivity (Wildman–Crippen MR) is 92.8 cm³/mol. The molecule has 0 spiro atoms. The number of carbonyl (C=O) groups is 1. The van der Waals surface area contributed by atoms with Gasteiger partial charge in [-0.05, 0) is 6.92 Å². The third kappa shape index (κ3) is 4.45. The summed E-state index contributed by atoms with van der Waals surface area (Å²) in [7, 11) is -4.82. The Morgan fingerprint density at radius 2 is 2.14 bits per heavy atom. The van der Waals surface area contributed by atoms with E-state index in [1.54, 1.807) is 0 Å². The highest BCUT2D eigenvalue weighted by molar-refractivity contribution is 7.46. The van der Waals surface area contributed by atoms with Crippen molar-refractivity contribution in [2.75, 3.05) is 11.9 Å². The van der Waals surface area contributed by atoms with Gasteiger partial charge in [0.25, 0.3) is 5.56 Å². The number of aliphatic carboxylic acids is 1. The molecule has 160 valence electrons. The van der Waals surface area contributed by atoms with Crippen LogP contribution in [-0.2, 0) is 18.6 Å². The number of aromatic amines is 1. The average molecular weight is 435 g/mol. The smallest absolute Gasteiger partial charge is 0.469 e. The van der Waals surface area contributed by atoms with Crippen molar-refractivity contribution in [1.29, 1.82) is 0 Å². The van der Waals surface area contributed by atoms with Crippen LogP contribution in [0, 0.1) is 0 Å². The van der Waals surface area contributed by atoms with Crippen molar-refractivity contribution in [2.24, 2.45) is 0 Å². The maximum atomic E-state index is 12.2. The number of phosphoric ester groups is 1. The Bertz CT molecular complexity index is 1020. The molecule has 16 heteroatoms. The molecule has 5 atom stereocenters. The quantitative estimate of drug-likeness (QED) is 0.228. The van der Waals surface area contributed by atoms with Gasteiger partial charge in [-0.2, -0.15) is 4.98 Å². The second kappa shape index (κ2) is 7.79. The van der Waals surface area contributed by atoms with E-state index in [1.165, 1.54) is 6.92 Å². The number of aliphatic hydroxyl groups excluding tert-OH is 2. The number of fused-ring (bicyclic) bond motifs is 1. The molecule has 7 N–H and O–H groups in total. The summed E-state index contributed by atoms with van der Waals surface area (Å²) in [5, 5.41) is 31.8. The van der Waals surface area contributed by atoms with Crippen molar-refractivity contribution in [3.63, 3.8) is 0 Å². The number of aliphatic hydroxyl groups is 2. The van der Waals surface area contributed by atoms with Gasteiger partial charge in [-0.1, -0.05) is 0 Å². The zero-order chi connectivity index (χ0) is 21.5. The molecule has 0 bridgehead atoms. The number of carboxylic acids is 1. The highest BCUT2D eigenvalue weighted by atomic mass is 31.2. The average Bonchev–Trinajstić information content (AvgIpc) is 3.15. The predicted octanol–water partition coefficient (Wildman–Crippen LogP) is -2.27. The molecule has 0 saturated carbocycles. The molecule has 0 aromatic carbocycles. The molecule has 2 aromatic heterocycles. The van der Waals surface area contributed by atoms with Crippen molar-refractivity contribution < 1.29 is 43.7 Å². The Hall–Kier alpha value is -2.39. The number of anilines is 1. The number of nitrogens with zero attached hydrogens (tertiary/aromatic N) is 3. The van der Waals surface area contributed by atoms with Crippen molar-refractivity contribution >= 4 is 30.9 Å². The zero-order valence-corrected chi connectivity index (χ0v) is 15.6. The molecule has 1 saturated heterocycles. The lowest BCUT2D eigenvalue weighted by molar-refractivity contribution is -0.137. The van der Waals surface area contributed by atoms with Crippen LogP contribution in [0.1, 0.15) is 13.2 Å². The lowest BCUT2D eigenvalue weighted by Gasteiger charge is -2.17. The van der Waals surface area contributed by atoms with Crippen LogP contribution < -0.4 is 10.9 Å². The number of phosphoric acid groups is 1. The summed E-state index contributed by atoms with van der Waals surface area (Å²) in [6.45, 7) is 0.623. The normalized spacial score (nSPS) is 26.0. The number of imidazole rings is 1. The maximum Gasteiger partial charge on any atom is 0.469 e. The van der Waals surface area contributed by atoms with Crippen molar-refractivity contribution in [2.45, 2.75) is 37.5 Å². The van der Waals surface area contributed by atoms with Crippen LogP contribution in [0.3, 0.4) is 0 Å². The van der Waals surface area contributed by atoms with Gasteiger partial charge >= 0.3 is 13.8 Å². The molecular weight excluding hydrogens is 417 g/mol. The number of aromatic nitrogens is 4. The monoisotopic (exact) mass is 435 g/mol. The largest absolute Gasteiger partial charge is 0.480 e. The van der Waals surface area contributed by atoms with Gasteiger partial charge in [0, 0.05) is 0 Å². The third-order valence-electron chi connectivity index (χ3n) is 4.17. The summed E-state index contributed by atoms with van der Waals surface area (Å²) < 4.78 is 21.7. The van der Waals surface area contributed by atoms with Crippen LogP contribution in [0.15, 0.2) is 11.1 Å². The number of hydrogen-bond acceptors (Lipinski definition) is 10. The molecule has 2 aromatic rings. The van der Waals surface area contributed by atoms with Gasteiger partial charge in [-0.15, -0.1) is 0 Å². The van der Waals surface area contributed by atoms with Crippen molar-refractivity contribution in [3.8, 4) is 0 Å². The number of rotatable bonds is 7. The Morgan fingerprint density at radius 1 is 1.45 bits per heavy atom. The summed E-state index contributed by atoms with van der Waals surface area (Å²) in [4.78, 5) is 51.0. The van der Waals surface area contributed by atoms with Gasteiger partial charge in [0.05, 0.1) is 12.9 Å². The Labute approximate surface area is 161 Å². The standard InChI is InChI=1S/C13H18N5O10P/c1-4(12(22)23)15-13-16-9-6(10(21)17-13)14-3-18(9)11-8(20)7(19)5(28-11)2-27-29(24,25)26/h3-5,7-8,11,19-20H,2H2,1H3,(H,22,23)(H2,24,25,26)(H2,15,16,17,21). The summed E-state index contributed by atoms with van der Waals surface area (Å²) in [5.74, 6) is -1.36. The number of carboxylic acid groups (broad SMARTS) is 1. The summed E-state index contributed by atoms with van der Waals surface area (Å²) in [5.41, 5.74) is -0.913. The molecule has 0 aliphatic carbocycles. The van der Waals surface area contributed by atoms with E-state index >= 15 is 0 Å². The van der Waals surface area contributed by atoms with Crippen LogP contribution in [0.2, 0.25) is 0 Å². The first kappa shape index (κ1) is 21.3. The molecule has 3 rings (SSSR count). The number of nitrogens with one attached hydrogen (secondary N) is 2. The van der Waals surface area contributed by atoms with E-state index in [0.717, 1.165) is 10.9 Å². The number of H-pyrrole nitrogens is 1. The maximum absolute atomic E-state index is 12.2. The minimum atomic E-state index is -4.82. The van der Waals surface area contributed by atoms with Crippen molar-refractivity contribution in [1.82, 2.24) is 19.5 Å². The molecule has 1 fully saturated rings. The highest BCUT2D eigenvalue weighted by Gasteiger charge is 2.45. The van der Waals surface area contributed by atoms with E-state index in [0.29, 0.717) is 0 Å². The first-order chi connectivity index (χ1) is 13.5. The van der Waals surface area contributed by atoms with Crippen LogP contribution in [-0.4, -0.2) is 81.6 Å². The SMILES string of the molecule is CC(Nc1nc2c(ncn2C2OC(COP(=O)(O)O)C(O)C2O)c(=O)[nH]1)C(=O)O. The second-order valence-corrected chi connectivity index (χ2v) is 7.51.